The molecule has 0 saturated carbocycles. The largest absolute Gasteiger partial charge is 0.383 e. The first-order valence-corrected chi connectivity index (χ1v) is 4.03. The minimum Gasteiger partial charge on any atom is -0.383 e. The van der Waals surface area contributed by atoms with E-state index in [1.807, 2.05) is 6.07 Å². The summed E-state index contributed by atoms with van der Waals surface area (Å²) in [4.78, 5) is 0. The van der Waals surface area contributed by atoms with E-state index in [0.717, 1.165) is 18.8 Å². The predicted molar refractivity (Wildman–Crippen MR) is 46.8 cm³/mol. The van der Waals surface area contributed by atoms with Gasteiger partial charge >= 0.3 is 0 Å². The van der Waals surface area contributed by atoms with Gasteiger partial charge in [-0.1, -0.05) is 0 Å². The summed E-state index contributed by atoms with van der Waals surface area (Å²) in [6.45, 7) is 3.62. The number of hydrogen-bond acceptors (Lipinski definition) is 3. The third-order valence-corrected chi connectivity index (χ3v) is 1.62. The Morgan fingerprint density at radius 1 is 1.75 bits per heavy atom. The van der Waals surface area contributed by atoms with Crippen LogP contribution in [0, 0.1) is 0 Å². The maximum absolute atomic E-state index is 4.99. The number of methoxy groups -OCH3 is 1. The average molecular weight is 169 g/mol. The zero-order valence-electron chi connectivity index (χ0n) is 7.50. The van der Waals surface area contributed by atoms with Crippen molar-refractivity contribution in [3.63, 3.8) is 0 Å². The van der Waals surface area contributed by atoms with Gasteiger partial charge in [-0.25, -0.2) is 0 Å². The SMILES string of the molecule is COCC(C)NCc1ccn[nH]1. The van der Waals surface area contributed by atoms with Gasteiger partial charge in [0.15, 0.2) is 0 Å². The van der Waals surface area contributed by atoms with Crippen molar-refractivity contribution in [2.24, 2.45) is 0 Å². The molecule has 1 aromatic rings. The van der Waals surface area contributed by atoms with Gasteiger partial charge in [-0.3, -0.25) is 5.10 Å². The van der Waals surface area contributed by atoms with Gasteiger partial charge in [-0.15, -0.1) is 0 Å². The molecule has 0 fully saturated rings. The summed E-state index contributed by atoms with van der Waals surface area (Å²) in [5, 5.41) is 10.0. The Labute approximate surface area is 72.3 Å². The zero-order valence-corrected chi connectivity index (χ0v) is 7.50. The van der Waals surface area contributed by atoms with Gasteiger partial charge in [0.1, 0.15) is 0 Å². The number of aromatic amines is 1. The van der Waals surface area contributed by atoms with E-state index in [1.165, 1.54) is 0 Å². The molecule has 12 heavy (non-hydrogen) atoms. The second-order valence-electron chi connectivity index (χ2n) is 2.82. The summed E-state index contributed by atoms with van der Waals surface area (Å²) >= 11 is 0. The van der Waals surface area contributed by atoms with Crippen molar-refractivity contribution in [2.45, 2.75) is 19.5 Å². The van der Waals surface area contributed by atoms with Crippen molar-refractivity contribution >= 4 is 0 Å². The third kappa shape index (κ3) is 3.02. The first-order chi connectivity index (χ1) is 5.83. The second kappa shape index (κ2) is 4.90. The van der Waals surface area contributed by atoms with Crippen molar-refractivity contribution in [3.8, 4) is 0 Å². The highest BCUT2D eigenvalue weighted by Gasteiger charge is 1.99. The molecule has 0 amide bonds. The number of nitrogens with zero attached hydrogens (tertiary/aromatic N) is 1. The van der Waals surface area contributed by atoms with Crippen molar-refractivity contribution in [2.75, 3.05) is 13.7 Å². The number of hydrogen-bond donors (Lipinski definition) is 2. The van der Waals surface area contributed by atoms with E-state index in [0.29, 0.717) is 6.04 Å². The van der Waals surface area contributed by atoms with E-state index in [9.17, 15) is 0 Å². The highest BCUT2D eigenvalue weighted by molar-refractivity contribution is 4.96. The Bertz CT molecular complexity index is 198. The smallest absolute Gasteiger partial charge is 0.0613 e. The molecule has 4 nitrogen and oxygen atoms in total. The van der Waals surface area contributed by atoms with Gasteiger partial charge in [-0.2, -0.15) is 5.10 Å². The molecule has 0 spiro atoms. The lowest BCUT2D eigenvalue weighted by atomic mass is 10.3. The summed E-state index contributed by atoms with van der Waals surface area (Å²) in [6.07, 6.45) is 1.75. The molecule has 1 heterocycles. The average Bonchev–Trinajstić information content (AvgIpc) is 2.53. The van der Waals surface area contributed by atoms with Gasteiger partial charge in [0, 0.05) is 31.6 Å². The number of nitrogens with one attached hydrogen (secondary N) is 2. The van der Waals surface area contributed by atoms with Crippen LogP contribution < -0.4 is 5.32 Å². The van der Waals surface area contributed by atoms with Crippen molar-refractivity contribution < 1.29 is 4.74 Å². The van der Waals surface area contributed by atoms with Gasteiger partial charge in [0.2, 0.25) is 0 Å². The van der Waals surface area contributed by atoms with E-state index in [4.69, 9.17) is 4.74 Å². The Hall–Kier alpha value is -0.870. The second-order valence-corrected chi connectivity index (χ2v) is 2.82. The van der Waals surface area contributed by atoms with Crippen molar-refractivity contribution in [3.05, 3.63) is 18.0 Å². The first kappa shape index (κ1) is 9.22. The van der Waals surface area contributed by atoms with E-state index in [1.54, 1.807) is 13.3 Å². The fourth-order valence-electron chi connectivity index (χ4n) is 0.976. The van der Waals surface area contributed by atoms with Crippen LogP contribution in [0.2, 0.25) is 0 Å². The molecular weight excluding hydrogens is 154 g/mol. The van der Waals surface area contributed by atoms with Crippen LogP contribution in [0.5, 0.6) is 0 Å². The van der Waals surface area contributed by atoms with E-state index < -0.39 is 0 Å². The molecule has 0 aliphatic carbocycles. The van der Waals surface area contributed by atoms with Gasteiger partial charge in [0.25, 0.3) is 0 Å². The van der Waals surface area contributed by atoms with Crippen LogP contribution in [-0.2, 0) is 11.3 Å². The van der Waals surface area contributed by atoms with Gasteiger partial charge in [-0.05, 0) is 13.0 Å². The number of ether oxygens (including phenoxy) is 1. The van der Waals surface area contributed by atoms with Crippen molar-refractivity contribution in [1.82, 2.24) is 15.5 Å². The summed E-state index contributed by atoms with van der Waals surface area (Å²) in [6, 6.07) is 2.32. The summed E-state index contributed by atoms with van der Waals surface area (Å²) in [7, 11) is 1.70. The minimum absolute atomic E-state index is 0.373. The zero-order chi connectivity index (χ0) is 8.81. The lowest BCUT2D eigenvalue weighted by molar-refractivity contribution is 0.171. The molecule has 0 aliphatic rings. The molecule has 68 valence electrons. The fraction of sp³-hybridized carbons (Fsp3) is 0.625. The summed E-state index contributed by atoms with van der Waals surface area (Å²) < 4.78 is 4.99. The van der Waals surface area contributed by atoms with Crippen LogP contribution in [0.15, 0.2) is 12.3 Å². The Kier molecular flexibility index (Phi) is 3.76. The standard InChI is InChI=1S/C8H15N3O/c1-7(6-12-2)9-5-8-3-4-10-11-8/h3-4,7,9H,5-6H2,1-2H3,(H,10,11). The molecule has 1 rings (SSSR count). The summed E-state index contributed by atoms with van der Waals surface area (Å²) in [5.74, 6) is 0. The number of rotatable bonds is 5. The van der Waals surface area contributed by atoms with E-state index in [-0.39, 0.29) is 0 Å². The van der Waals surface area contributed by atoms with Crippen LogP contribution >= 0.6 is 0 Å². The summed E-state index contributed by atoms with van der Waals surface area (Å²) in [5.41, 5.74) is 1.10. The molecule has 0 aromatic carbocycles. The lowest BCUT2D eigenvalue weighted by Crippen LogP contribution is -2.29. The van der Waals surface area contributed by atoms with Crippen molar-refractivity contribution in [1.29, 1.82) is 0 Å². The molecule has 0 bridgehead atoms. The molecule has 4 heteroatoms. The lowest BCUT2D eigenvalue weighted by Gasteiger charge is -2.10. The Balaban J connectivity index is 2.17. The molecule has 0 aliphatic heterocycles. The molecule has 2 N–H and O–H groups in total. The van der Waals surface area contributed by atoms with E-state index >= 15 is 0 Å². The maximum atomic E-state index is 4.99. The highest BCUT2D eigenvalue weighted by atomic mass is 16.5. The molecule has 1 atom stereocenters. The molecular formula is C8H15N3O. The van der Waals surface area contributed by atoms with Gasteiger partial charge in [0.05, 0.1) is 6.61 Å². The predicted octanol–water partition coefficient (Wildman–Crippen LogP) is 0.534. The Morgan fingerprint density at radius 2 is 2.58 bits per heavy atom. The van der Waals surface area contributed by atoms with Crippen LogP contribution in [0.25, 0.3) is 0 Å². The number of H-pyrrole nitrogens is 1. The number of aromatic nitrogens is 2. The monoisotopic (exact) mass is 169 g/mol. The molecule has 0 saturated heterocycles. The maximum Gasteiger partial charge on any atom is 0.0613 e. The Morgan fingerprint density at radius 3 is 3.17 bits per heavy atom. The van der Waals surface area contributed by atoms with Crippen LogP contribution in [0.3, 0.4) is 0 Å². The highest BCUT2D eigenvalue weighted by Crippen LogP contribution is 1.91. The molecule has 1 unspecified atom stereocenters. The first-order valence-electron chi connectivity index (χ1n) is 4.03. The fourth-order valence-corrected chi connectivity index (χ4v) is 0.976. The van der Waals surface area contributed by atoms with Crippen LogP contribution in [0.1, 0.15) is 12.6 Å². The van der Waals surface area contributed by atoms with Crippen LogP contribution in [-0.4, -0.2) is 30.0 Å². The normalized spacial score (nSPS) is 13.2. The van der Waals surface area contributed by atoms with E-state index in [2.05, 4.69) is 22.4 Å². The van der Waals surface area contributed by atoms with Crippen LogP contribution in [0.4, 0.5) is 0 Å². The molecule has 0 radical (unpaired) electrons. The minimum atomic E-state index is 0.373. The topological polar surface area (TPSA) is 49.9 Å². The quantitative estimate of drug-likeness (QED) is 0.676. The third-order valence-electron chi connectivity index (χ3n) is 1.62. The molecule has 1 aromatic heterocycles. The van der Waals surface area contributed by atoms with Gasteiger partial charge < -0.3 is 10.1 Å².